The van der Waals surface area contributed by atoms with Crippen LogP contribution in [0.5, 0.6) is 0 Å². The zero-order valence-electron chi connectivity index (χ0n) is 8.14. The van der Waals surface area contributed by atoms with E-state index in [1.54, 1.807) is 0 Å². The number of hydrogen-bond acceptors (Lipinski definition) is 2. The number of nitrogens with zero attached hydrogens (tertiary/aromatic N) is 1. The van der Waals surface area contributed by atoms with E-state index in [0.29, 0.717) is 12.0 Å². The molecule has 0 aromatic carbocycles. The third-order valence-electron chi connectivity index (χ3n) is 3.18. The van der Waals surface area contributed by atoms with Gasteiger partial charge in [-0.3, -0.25) is 0 Å². The summed E-state index contributed by atoms with van der Waals surface area (Å²) in [6.45, 7) is 2.82. The standard InChI is InChI=1S/C10H17N3/c1-10(4-2-3-5-10)8-7-12-9(6-11)13-8/h7H,2-6,11H2,1H3,(H,12,13). The zero-order valence-corrected chi connectivity index (χ0v) is 8.14. The molecular weight excluding hydrogens is 162 g/mol. The quantitative estimate of drug-likeness (QED) is 0.726. The lowest BCUT2D eigenvalue weighted by molar-refractivity contribution is 0.477. The molecule has 0 amide bonds. The molecule has 1 fully saturated rings. The van der Waals surface area contributed by atoms with E-state index < -0.39 is 0 Å². The Bertz CT molecular complexity index is 284. The lowest BCUT2D eigenvalue weighted by atomic mass is 9.86. The summed E-state index contributed by atoms with van der Waals surface area (Å²) < 4.78 is 0. The third kappa shape index (κ3) is 1.48. The molecule has 0 atom stereocenters. The molecule has 3 heteroatoms. The number of aromatic amines is 1. The molecule has 13 heavy (non-hydrogen) atoms. The van der Waals surface area contributed by atoms with Crippen LogP contribution in [0.1, 0.15) is 44.1 Å². The van der Waals surface area contributed by atoms with Crippen molar-refractivity contribution in [2.45, 2.75) is 44.6 Å². The minimum Gasteiger partial charge on any atom is -0.344 e. The van der Waals surface area contributed by atoms with Crippen LogP contribution in [0.25, 0.3) is 0 Å². The molecule has 1 aliphatic rings. The van der Waals surface area contributed by atoms with Gasteiger partial charge in [0.2, 0.25) is 0 Å². The zero-order chi connectivity index (χ0) is 9.31. The maximum absolute atomic E-state index is 5.51. The molecule has 0 radical (unpaired) electrons. The first-order valence-electron chi connectivity index (χ1n) is 4.99. The Hall–Kier alpha value is -0.830. The number of aromatic nitrogens is 2. The van der Waals surface area contributed by atoms with Gasteiger partial charge in [0.15, 0.2) is 0 Å². The lowest BCUT2D eigenvalue weighted by Crippen LogP contribution is -2.17. The second kappa shape index (κ2) is 3.14. The molecule has 0 unspecified atom stereocenters. The van der Waals surface area contributed by atoms with Gasteiger partial charge in [-0.15, -0.1) is 0 Å². The fraction of sp³-hybridized carbons (Fsp3) is 0.700. The predicted octanol–water partition coefficient (Wildman–Crippen LogP) is 1.70. The monoisotopic (exact) mass is 179 g/mol. The summed E-state index contributed by atoms with van der Waals surface area (Å²) in [5.41, 5.74) is 7.11. The second-order valence-electron chi connectivity index (χ2n) is 4.22. The Kier molecular flexibility index (Phi) is 2.12. The minimum atomic E-state index is 0.334. The minimum absolute atomic E-state index is 0.334. The SMILES string of the molecule is CC1(c2cnc(CN)[nH]2)CCCC1. The van der Waals surface area contributed by atoms with Crippen molar-refractivity contribution in [1.29, 1.82) is 0 Å². The van der Waals surface area contributed by atoms with Crippen LogP contribution in [0.3, 0.4) is 0 Å². The van der Waals surface area contributed by atoms with Crippen molar-refractivity contribution in [3.63, 3.8) is 0 Å². The van der Waals surface area contributed by atoms with Crippen LogP contribution in [-0.2, 0) is 12.0 Å². The molecule has 1 aliphatic carbocycles. The smallest absolute Gasteiger partial charge is 0.120 e. The van der Waals surface area contributed by atoms with E-state index in [1.165, 1.54) is 31.4 Å². The third-order valence-corrected chi connectivity index (χ3v) is 3.18. The topological polar surface area (TPSA) is 54.7 Å². The van der Waals surface area contributed by atoms with Crippen molar-refractivity contribution in [1.82, 2.24) is 9.97 Å². The Morgan fingerprint density at radius 3 is 2.77 bits per heavy atom. The largest absolute Gasteiger partial charge is 0.344 e. The van der Waals surface area contributed by atoms with Crippen LogP contribution < -0.4 is 5.73 Å². The van der Waals surface area contributed by atoms with E-state index in [4.69, 9.17) is 5.73 Å². The summed E-state index contributed by atoms with van der Waals surface area (Å²) in [5, 5.41) is 0. The summed E-state index contributed by atoms with van der Waals surface area (Å²) >= 11 is 0. The highest BCUT2D eigenvalue weighted by molar-refractivity contribution is 5.15. The van der Waals surface area contributed by atoms with Crippen molar-refractivity contribution in [3.05, 3.63) is 17.7 Å². The Morgan fingerprint density at radius 2 is 2.23 bits per heavy atom. The molecule has 0 saturated heterocycles. The van der Waals surface area contributed by atoms with Crippen molar-refractivity contribution in [2.24, 2.45) is 5.73 Å². The Labute approximate surface area is 78.7 Å². The number of H-pyrrole nitrogens is 1. The van der Waals surface area contributed by atoms with Crippen molar-refractivity contribution >= 4 is 0 Å². The van der Waals surface area contributed by atoms with Crippen LogP contribution in [0.15, 0.2) is 6.20 Å². The predicted molar refractivity (Wildman–Crippen MR) is 52.3 cm³/mol. The number of rotatable bonds is 2. The van der Waals surface area contributed by atoms with E-state index in [9.17, 15) is 0 Å². The number of nitrogens with two attached hydrogens (primary N) is 1. The lowest BCUT2D eigenvalue weighted by Gasteiger charge is -2.21. The first-order valence-corrected chi connectivity index (χ1v) is 4.99. The highest BCUT2D eigenvalue weighted by Gasteiger charge is 2.31. The molecule has 3 N–H and O–H groups in total. The average molecular weight is 179 g/mol. The van der Waals surface area contributed by atoms with Gasteiger partial charge in [0.1, 0.15) is 5.82 Å². The van der Waals surface area contributed by atoms with Crippen LogP contribution in [0.2, 0.25) is 0 Å². The molecule has 3 nitrogen and oxygen atoms in total. The van der Waals surface area contributed by atoms with Crippen molar-refractivity contribution in [2.75, 3.05) is 0 Å². The second-order valence-corrected chi connectivity index (χ2v) is 4.22. The molecule has 72 valence electrons. The summed E-state index contributed by atoms with van der Waals surface area (Å²) in [5.74, 6) is 0.906. The van der Waals surface area contributed by atoms with Crippen LogP contribution in [0.4, 0.5) is 0 Å². The number of nitrogens with one attached hydrogen (secondary N) is 1. The van der Waals surface area contributed by atoms with Crippen LogP contribution in [0, 0.1) is 0 Å². The van der Waals surface area contributed by atoms with Gasteiger partial charge in [-0.05, 0) is 12.8 Å². The van der Waals surface area contributed by atoms with Crippen LogP contribution in [-0.4, -0.2) is 9.97 Å². The average Bonchev–Trinajstić information content (AvgIpc) is 2.72. The molecule has 2 rings (SSSR count). The van der Waals surface area contributed by atoms with Gasteiger partial charge in [0.25, 0.3) is 0 Å². The summed E-state index contributed by atoms with van der Waals surface area (Å²) in [4.78, 5) is 7.55. The number of imidazole rings is 1. The molecule has 0 aliphatic heterocycles. The first-order chi connectivity index (χ1) is 6.24. The van der Waals surface area contributed by atoms with Gasteiger partial charge in [-0.1, -0.05) is 19.8 Å². The first kappa shape index (κ1) is 8.75. The van der Waals surface area contributed by atoms with E-state index in [-0.39, 0.29) is 0 Å². The summed E-state index contributed by atoms with van der Waals surface area (Å²) in [6.07, 6.45) is 7.19. The molecule has 1 aromatic heterocycles. The maximum atomic E-state index is 5.51. The van der Waals surface area contributed by atoms with Crippen LogP contribution >= 0.6 is 0 Å². The van der Waals surface area contributed by atoms with E-state index in [1.807, 2.05) is 6.20 Å². The molecule has 1 aromatic rings. The fourth-order valence-corrected chi connectivity index (χ4v) is 2.20. The van der Waals surface area contributed by atoms with Gasteiger partial charge >= 0.3 is 0 Å². The van der Waals surface area contributed by atoms with Crippen molar-refractivity contribution < 1.29 is 0 Å². The number of hydrogen-bond donors (Lipinski definition) is 2. The summed E-state index contributed by atoms with van der Waals surface area (Å²) in [6, 6.07) is 0. The Balaban J connectivity index is 2.23. The van der Waals surface area contributed by atoms with Gasteiger partial charge in [-0.25, -0.2) is 4.98 Å². The van der Waals surface area contributed by atoms with E-state index >= 15 is 0 Å². The maximum Gasteiger partial charge on any atom is 0.120 e. The highest BCUT2D eigenvalue weighted by Crippen LogP contribution is 2.39. The molecule has 1 heterocycles. The Morgan fingerprint density at radius 1 is 1.54 bits per heavy atom. The molecular formula is C10H17N3. The fourth-order valence-electron chi connectivity index (χ4n) is 2.20. The van der Waals surface area contributed by atoms with Crippen molar-refractivity contribution in [3.8, 4) is 0 Å². The van der Waals surface area contributed by atoms with Gasteiger partial charge in [0.05, 0.1) is 6.54 Å². The summed E-state index contributed by atoms with van der Waals surface area (Å²) in [7, 11) is 0. The highest BCUT2D eigenvalue weighted by atomic mass is 14.9. The molecule has 1 saturated carbocycles. The van der Waals surface area contributed by atoms with Gasteiger partial charge in [0, 0.05) is 17.3 Å². The van der Waals surface area contributed by atoms with E-state index in [2.05, 4.69) is 16.9 Å². The normalized spacial score (nSPS) is 20.8. The van der Waals surface area contributed by atoms with Gasteiger partial charge in [-0.2, -0.15) is 0 Å². The van der Waals surface area contributed by atoms with E-state index in [0.717, 1.165) is 5.82 Å². The molecule has 0 spiro atoms. The molecule has 0 bridgehead atoms. The van der Waals surface area contributed by atoms with Gasteiger partial charge < -0.3 is 10.7 Å².